The quantitative estimate of drug-likeness (QED) is 0.804. The van der Waals surface area contributed by atoms with Crippen molar-refractivity contribution in [1.82, 2.24) is 0 Å². The molecule has 0 saturated carbocycles. The zero-order valence-electron chi connectivity index (χ0n) is 12.0. The first-order chi connectivity index (χ1) is 8.92. The molecule has 0 aromatic heterocycles. The molecular weight excluding hydrogens is 244 g/mol. The topological polar surface area (TPSA) is 55.8 Å². The highest BCUT2D eigenvalue weighted by Gasteiger charge is 2.32. The van der Waals surface area contributed by atoms with Gasteiger partial charge in [0.05, 0.1) is 7.11 Å². The Kier molecular flexibility index (Phi) is 5.36. The number of carbonyl (C=O) groups excluding carboxylic acids is 1. The maximum atomic E-state index is 11.4. The molecule has 0 saturated heterocycles. The molecule has 2 unspecified atom stereocenters. The summed E-state index contributed by atoms with van der Waals surface area (Å²) in [4.78, 5) is 11.4. The molecule has 106 valence electrons. The number of para-hydroxylation sites is 1. The van der Waals surface area contributed by atoms with Crippen molar-refractivity contribution in [2.75, 3.05) is 13.7 Å². The van der Waals surface area contributed by atoms with Gasteiger partial charge >= 0.3 is 5.97 Å². The standard InChI is InChI=1S/C15H22O4/c1-5-11(2)12-8-6-7-9-13(12)19-10-15(3,17)14(16)18-4/h6-9,11,17H,5,10H2,1-4H3. The molecule has 4 heteroatoms. The van der Waals surface area contributed by atoms with Crippen LogP contribution in [0.25, 0.3) is 0 Å². The second-order valence-corrected chi connectivity index (χ2v) is 4.90. The van der Waals surface area contributed by atoms with Gasteiger partial charge in [-0.15, -0.1) is 0 Å². The summed E-state index contributed by atoms with van der Waals surface area (Å²) in [6.45, 7) is 5.46. The Morgan fingerprint density at radius 2 is 2.05 bits per heavy atom. The van der Waals surface area contributed by atoms with Gasteiger partial charge < -0.3 is 14.6 Å². The predicted molar refractivity (Wildman–Crippen MR) is 73.3 cm³/mol. The van der Waals surface area contributed by atoms with Crippen LogP contribution in [0.1, 0.15) is 38.7 Å². The second-order valence-electron chi connectivity index (χ2n) is 4.90. The average molecular weight is 266 g/mol. The van der Waals surface area contributed by atoms with Gasteiger partial charge in [-0.05, 0) is 30.9 Å². The summed E-state index contributed by atoms with van der Waals surface area (Å²) in [6.07, 6.45) is 0.994. The Bertz CT molecular complexity index is 426. The first-order valence-electron chi connectivity index (χ1n) is 6.45. The minimum absolute atomic E-state index is 0.132. The Balaban J connectivity index is 2.81. The molecule has 0 aliphatic heterocycles. The number of benzene rings is 1. The average Bonchev–Trinajstić information content (AvgIpc) is 2.43. The molecule has 1 N–H and O–H groups in total. The van der Waals surface area contributed by atoms with E-state index in [1.165, 1.54) is 14.0 Å². The van der Waals surface area contributed by atoms with Gasteiger partial charge in [-0.25, -0.2) is 4.79 Å². The van der Waals surface area contributed by atoms with Crippen LogP contribution in [0.5, 0.6) is 5.75 Å². The minimum atomic E-state index is -1.64. The Labute approximate surface area is 114 Å². The number of rotatable bonds is 6. The summed E-state index contributed by atoms with van der Waals surface area (Å²) < 4.78 is 10.1. The summed E-state index contributed by atoms with van der Waals surface area (Å²) in [6, 6.07) is 7.66. The van der Waals surface area contributed by atoms with Crippen LogP contribution in [0, 0.1) is 0 Å². The van der Waals surface area contributed by atoms with E-state index < -0.39 is 11.6 Å². The highest BCUT2D eigenvalue weighted by atomic mass is 16.6. The molecular formula is C15H22O4. The van der Waals surface area contributed by atoms with Gasteiger partial charge in [0, 0.05) is 0 Å². The number of carbonyl (C=O) groups is 1. The monoisotopic (exact) mass is 266 g/mol. The summed E-state index contributed by atoms with van der Waals surface area (Å²) >= 11 is 0. The minimum Gasteiger partial charge on any atom is -0.490 e. The van der Waals surface area contributed by atoms with E-state index in [1.54, 1.807) is 0 Å². The first kappa shape index (κ1) is 15.5. The third-order valence-electron chi connectivity index (χ3n) is 3.20. The third kappa shape index (κ3) is 3.96. The maximum absolute atomic E-state index is 11.4. The largest absolute Gasteiger partial charge is 0.490 e. The van der Waals surface area contributed by atoms with Gasteiger partial charge in [-0.2, -0.15) is 0 Å². The Morgan fingerprint density at radius 3 is 2.63 bits per heavy atom. The predicted octanol–water partition coefficient (Wildman–Crippen LogP) is 2.50. The number of aliphatic hydroxyl groups is 1. The molecule has 0 aliphatic carbocycles. The number of hydrogen-bond donors (Lipinski definition) is 1. The molecule has 2 atom stereocenters. The molecule has 0 fully saturated rings. The molecule has 1 rings (SSSR count). The Morgan fingerprint density at radius 1 is 1.42 bits per heavy atom. The first-order valence-corrected chi connectivity index (χ1v) is 6.45. The summed E-state index contributed by atoms with van der Waals surface area (Å²) in [5.41, 5.74) is -0.567. The van der Waals surface area contributed by atoms with Crippen LogP contribution in [0.15, 0.2) is 24.3 Å². The highest BCUT2D eigenvalue weighted by Crippen LogP contribution is 2.28. The lowest BCUT2D eigenvalue weighted by atomic mass is 9.98. The van der Waals surface area contributed by atoms with Crippen LogP contribution >= 0.6 is 0 Å². The van der Waals surface area contributed by atoms with Crippen LogP contribution < -0.4 is 4.74 Å². The van der Waals surface area contributed by atoms with Gasteiger partial charge in [0.2, 0.25) is 0 Å². The van der Waals surface area contributed by atoms with E-state index in [0.717, 1.165) is 12.0 Å². The molecule has 0 aliphatic rings. The van der Waals surface area contributed by atoms with Crippen molar-refractivity contribution in [3.8, 4) is 5.75 Å². The van der Waals surface area contributed by atoms with E-state index in [2.05, 4.69) is 18.6 Å². The van der Waals surface area contributed by atoms with Crippen molar-refractivity contribution >= 4 is 5.97 Å². The Hall–Kier alpha value is -1.55. The normalized spacial score (nSPS) is 15.4. The van der Waals surface area contributed by atoms with Crippen molar-refractivity contribution in [3.63, 3.8) is 0 Å². The number of ether oxygens (including phenoxy) is 2. The van der Waals surface area contributed by atoms with Crippen molar-refractivity contribution in [2.45, 2.75) is 38.7 Å². The van der Waals surface area contributed by atoms with Crippen LogP contribution in [0.2, 0.25) is 0 Å². The SMILES string of the molecule is CCC(C)c1ccccc1OCC(C)(O)C(=O)OC. The zero-order valence-corrected chi connectivity index (χ0v) is 12.0. The van der Waals surface area contributed by atoms with E-state index in [4.69, 9.17) is 4.74 Å². The number of esters is 1. The van der Waals surface area contributed by atoms with Crippen LogP contribution in [0.4, 0.5) is 0 Å². The van der Waals surface area contributed by atoms with E-state index in [1.807, 2.05) is 24.3 Å². The molecule has 0 bridgehead atoms. The molecule has 0 radical (unpaired) electrons. The van der Waals surface area contributed by atoms with Gasteiger partial charge in [0.1, 0.15) is 12.4 Å². The lowest BCUT2D eigenvalue weighted by Gasteiger charge is -2.22. The third-order valence-corrected chi connectivity index (χ3v) is 3.20. The van der Waals surface area contributed by atoms with Crippen molar-refractivity contribution in [2.24, 2.45) is 0 Å². The smallest absolute Gasteiger partial charge is 0.341 e. The molecule has 0 amide bonds. The van der Waals surface area contributed by atoms with Gasteiger partial charge in [0.15, 0.2) is 5.60 Å². The summed E-state index contributed by atoms with van der Waals surface area (Å²) in [7, 11) is 1.24. The zero-order chi connectivity index (χ0) is 14.5. The highest BCUT2D eigenvalue weighted by molar-refractivity contribution is 5.78. The van der Waals surface area contributed by atoms with Crippen molar-refractivity contribution < 1.29 is 19.4 Å². The molecule has 1 aromatic rings. The fourth-order valence-corrected chi connectivity index (χ4v) is 1.74. The van der Waals surface area contributed by atoms with Gasteiger partial charge in [-0.1, -0.05) is 32.0 Å². The van der Waals surface area contributed by atoms with Crippen LogP contribution in [-0.2, 0) is 9.53 Å². The van der Waals surface area contributed by atoms with E-state index >= 15 is 0 Å². The summed E-state index contributed by atoms with van der Waals surface area (Å²) in [5, 5.41) is 9.93. The molecule has 19 heavy (non-hydrogen) atoms. The lowest BCUT2D eigenvalue weighted by Crippen LogP contribution is -2.42. The van der Waals surface area contributed by atoms with E-state index in [-0.39, 0.29) is 6.61 Å². The lowest BCUT2D eigenvalue weighted by molar-refractivity contribution is -0.163. The molecule has 0 spiro atoms. The number of methoxy groups -OCH3 is 1. The summed E-state index contributed by atoms with van der Waals surface area (Å²) in [5.74, 6) is 0.355. The van der Waals surface area contributed by atoms with Crippen molar-refractivity contribution in [3.05, 3.63) is 29.8 Å². The fraction of sp³-hybridized carbons (Fsp3) is 0.533. The van der Waals surface area contributed by atoms with E-state index in [9.17, 15) is 9.90 Å². The molecule has 1 aromatic carbocycles. The maximum Gasteiger partial charge on any atom is 0.341 e. The van der Waals surface area contributed by atoms with Crippen LogP contribution in [0.3, 0.4) is 0 Å². The van der Waals surface area contributed by atoms with Gasteiger partial charge in [0.25, 0.3) is 0 Å². The fourth-order valence-electron chi connectivity index (χ4n) is 1.74. The van der Waals surface area contributed by atoms with E-state index in [0.29, 0.717) is 11.7 Å². The van der Waals surface area contributed by atoms with Crippen molar-refractivity contribution in [1.29, 1.82) is 0 Å². The molecule has 4 nitrogen and oxygen atoms in total. The molecule has 0 heterocycles. The second kappa shape index (κ2) is 6.57. The van der Waals surface area contributed by atoms with Crippen LogP contribution in [-0.4, -0.2) is 30.4 Å². The number of hydrogen-bond acceptors (Lipinski definition) is 4. The van der Waals surface area contributed by atoms with Gasteiger partial charge in [-0.3, -0.25) is 0 Å².